The van der Waals surface area contributed by atoms with E-state index in [2.05, 4.69) is 15.4 Å². The summed E-state index contributed by atoms with van der Waals surface area (Å²) in [6.45, 7) is 6.33. The van der Waals surface area contributed by atoms with Gasteiger partial charge in [0.2, 0.25) is 11.8 Å². The topological polar surface area (TPSA) is 80.1 Å². The van der Waals surface area contributed by atoms with Crippen molar-refractivity contribution in [3.63, 3.8) is 0 Å². The molecule has 1 N–H and O–H groups in total. The Morgan fingerprint density at radius 1 is 1.26 bits per heavy atom. The number of aryl methyl sites for hydroxylation is 2. The van der Waals surface area contributed by atoms with Gasteiger partial charge in [0.15, 0.2) is 5.82 Å². The van der Waals surface area contributed by atoms with Crippen LogP contribution in [0.15, 0.2) is 36.8 Å². The summed E-state index contributed by atoms with van der Waals surface area (Å²) in [4.78, 5) is 30.9. The summed E-state index contributed by atoms with van der Waals surface area (Å²) in [5.41, 5.74) is 0.684. The molecule has 1 atom stereocenters. The van der Waals surface area contributed by atoms with Crippen LogP contribution in [-0.4, -0.2) is 49.2 Å². The minimum Gasteiger partial charge on any atom is -0.320 e. The van der Waals surface area contributed by atoms with Crippen LogP contribution < -0.4 is 5.32 Å². The van der Waals surface area contributed by atoms with Crippen molar-refractivity contribution in [3.05, 3.63) is 42.4 Å². The SMILES string of the molecule is CC(C)(C)C(=O)N1CSCC1C(=O)Nc1ccn(CCc2ccncc2)n1. The van der Waals surface area contributed by atoms with E-state index in [4.69, 9.17) is 0 Å². The van der Waals surface area contributed by atoms with Gasteiger partial charge in [0, 0.05) is 42.4 Å². The monoisotopic (exact) mass is 387 g/mol. The van der Waals surface area contributed by atoms with E-state index in [0.717, 1.165) is 6.42 Å². The second-order valence-electron chi connectivity index (χ2n) is 7.60. The fourth-order valence-corrected chi connectivity index (χ4v) is 4.00. The summed E-state index contributed by atoms with van der Waals surface area (Å²) < 4.78 is 1.80. The molecule has 1 fully saturated rings. The number of rotatable bonds is 5. The molecule has 7 nitrogen and oxygen atoms in total. The van der Waals surface area contributed by atoms with E-state index in [1.165, 1.54) is 5.56 Å². The molecule has 27 heavy (non-hydrogen) atoms. The van der Waals surface area contributed by atoms with E-state index in [9.17, 15) is 9.59 Å². The van der Waals surface area contributed by atoms with Gasteiger partial charge in [0.1, 0.15) is 6.04 Å². The molecule has 0 bridgehead atoms. The molecule has 0 saturated carbocycles. The predicted octanol–water partition coefficient (Wildman–Crippen LogP) is 2.41. The molecule has 2 aromatic heterocycles. The molecule has 3 heterocycles. The Kier molecular flexibility index (Phi) is 5.84. The van der Waals surface area contributed by atoms with E-state index in [1.807, 2.05) is 39.1 Å². The average Bonchev–Trinajstić information content (AvgIpc) is 3.28. The first kappa shape index (κ1) is 19.4. The van der Waals surface area contributed by atoms with E-state index in [-0.39, 0.29) is 11.8 Å². The molecule has 3 rings (SSSR count). The van der Waals surface area contributed by atoms with Gasteiger partial charge in [-0.1, -0.05) is 20.8 Å². The van der Waals surface area contributed by atoms with Crippen molar-refractivity contribution in [1.29, 1.82) is 0 Å². The first-order chi connectivity index (χ1) is 12.8. The van der Waals surface area contributed by atoms with Crippen LogP contribution in [0.25, 0.3) is 0 Å². The average molecular weight is 388 g/mol. The number of carbonyl (C=O) groups is 2. The molecule has 1 aliphatic heterocycles. The summed E-state index contributed by atoms with van der Waals surface area (Å²) in [6, 6.07) is 5.28. The van der Waals surface area contributed by atoms with E-state index < -0.39 is 11.5 Å². The zero-order chi connectivity index (χ0) is 19.4. The molecule has 2 aromatic rings. The van der Waals surface area contributed by atoms with Crippen LogP contribution in [0.2, 0.25) is 0 Å². The lowest BCUT2D eigenvalue weighted by molar-refractivity contribution is -0.143. The fraction of sp³-hybridized carbons (Fsp3) is 0.474. The van der Waals surface area contributed by atoms with Gasteiger partial charge < -0.3 is 10.2 Å². The van der Waals surface area contributed by atoms with Gasteiger partial charge in [-0.05, 0) is 24.1 Å². The summed E-state index contributed by atoms with van der Waals surface area (Å²) >= 11 is 1.60. The summed E-state index contributed by atoms with van der Waals surface area (Å²) in [5, 5.41) is 7.26. The molecule has 1 saturated heterocycles. The zero-order valence-corrected chi connectivity index (χ0v) is 16.7. The molecule has 0 spiro atoms. The first-order valence-corrected chi connectivity index (χ1v) is 10.1. The molecule has 1 aliphatic rings. The first-order valence-electron chi connectivity index (χ1n) is 8.96. The molecule has 0 aliphatic carbocycles. The number of anilines is 1. The highest BCUT2D eigenvalue weighted by atomic mass is 32.2. The minimum absolute atomic E-state index is 0.00414. The quantitative estimate of drug-likeness (QED) is 0.852. The standard InChI is InChI=1S/C19H25N5O2S/c1-19(2,3)18(26)24-13-27-12-15(24)17(25)21-16-7-11-23(22-16)10-6-14-4-8-20-9-5-14/h4-5,7-9,11,15H,6,10,12-13H2,1-3H3,(H,21,22,25). The predicted molar refractivity (Wildman–Crippen MR) is 106 cm³/mol. The van der Waals surface area contributed by atoms with Crippen molar-refractivity contribution >= 4 is 29.4 Å². The maximum absolute atomic E-state index is 12.7. The van der Waals surface area contributed by atoms with Crippen LogP contribution in [0.3, 0.4) is 0 Å². The van der Waals surface area contributed by atoms with Crippen molar-refractivity contribution in [1.82, 2.24) is 19.7 Å². The number of hydrogen-bond acceptors (Lipinski definition) is 5. The minimum atomic E-state index is -0.502. The highest BCUT2D eigenvalue weighted by Gasteiger charge is 2.39. The van der Waals surface area contributed by atoms with Gasteiger partial charge in [0.05, 0.1) is 5.88 Å². The molecule has 144 valence electrons. The largest absolute Gasteiger partial charge is 0.320 e. The van der Waals surface area contributed by atoms with Crippen LogP contribution in [0.4, 0.5) is 5.82 Å². The summed E-state index contributed by atoms with van der Waals surface area (Å²) in [6.07, 6.45) is 6.23. The van der Waals surface area contributed by atoms with Crippen molar-refractivity contribution in [2.24, 2.45) is 5.41 Å². The Labute approximate surface area is 163 Å². The van der Waals surface area contributed by atoms with Gasteiger partial charge in [-0.15, -0.1) is 11.8 Å². The Bertz CT molecular complexity index is 800. The number of pyridine rings is 1. The second kappa shape index (κ2) is 8.12. The normalized spacial score (nSPS) is 17.1. The van der Waals surface area contributed by atoms with Crippen LogP contribution in [0, 0.1) is 5.41 Å². The zero-order valence-electron chi connectivity index (χ0n) is 15.9. The van der Waals surface area contributed by atoms with Crippen LogP contribution in [0.5, 0.6) is 0 Å². The van der Waals surface area contributed by atoms with Crippen LogP contribution in [-0.2, 0) is 22.6 Å². The van der Waals surface area contributed by atoms with Crippen molar-refractivity contribution in [3.8, 4) is 0 Å². The van der Waals surface area contributed by atoms with E-state index >= 15 is 0 Å². The lowest BCUT2D eigenvalue weighted by atomic mass is 9.94. The van der Waals surface area contributed by atoms with Gasteiger partial charge in [-0.25, -0.2) is 0 Å². The molecule has 2 amide bonds. The highest BCUT2D eigenvalue weighted by Crippen LogP contribution is 2.28. The number of aromatic nitrogens is 3. The van der Waals surface area contributed by atoms with Crippen LogP contribution in [0.1, 0.15) is 26.3 Å². The van der Waals surface area contributed by atoms with Gasteiger partial charge in [-0.2, -0.15) is 5.10 Å². The Morgan fingerprint density at radius 3 is 2.70 bits per heavy atom. The fourth-order valence-electron chi connectivity index (χ4n) is 2.85. The van der Waals surface area contributed by atoms with E-state index in [1.54, 1.807) is 39.8 Å². The summed E-state index contributed by atoms with van der Waals surface area (Å²) in [5.74, 6) is 1.48. The van der Waals surface area contributed by atoms with Crippen molar-refractivity contribution < 1.29 is 9.59 Å². The lowest BCUT2D eigenvalue weighted by Crippen LogP contribution is -2.48. The smallest absolute Gasteiger partial charge is 0.249 e. The highest BCUT2D eigenvalue weighted by molar-refractivity contribution is 7.99. The number of thioether (sulfide) groups is 1. The number of amides is 2. The Balaban J connectivity index is 1.58. The Hall–Kier alpha value is -2.35. The van der Waals surface area contributed by atoms with Gasteiger partial charge in [-0.3, -0.25) is 19.3 Å². The lowest BCUT2D eigenvalue weighted by Gasteiger charge is -2.29. The maximum atomic E-state index is 12.7. The number of hydrogen-bond donors (Lipinski definition) is 1. The number of nitrogens with zero attached hydrogens (tertiary/aromatic N) is 4. The molecule has 0 aromatic carbocycles. The maximum Gasteiger partial charge on any atom is 0.249 e. The molecule has 0 radical (unpaired) electrons. The third-order valence-corrected chi connectivity index (χ3v) is 5.37. The molecule has 8 heteroatoms. The van der Waals surface area contributed by atoms with Crippen molar-refractivity contribution in [2.75, 3.05) is 16.9 Å². The number of nitrogens with one attached hydrogen (secondary N) is 1. The number of carbonyl (C=O) groups excluding carboxylic acids is 2. The van der Waals surface area contributed by atoms with E-state index in [0.29, 0.717) is 24.0 Å². The van der Waals surface area contributed by atoms with Crippen LogP contribution >= 0.6 is 11.8 Å². The second-order valence-corrected chi connectivity index (χ2v) is 8.60. The van der Waals surface area contributed by atoms with Gasteiger partial charge >= 0.3 is 0 Å². The molecular weight excluding hydrogens is 362 g/mol. The van der Waals surface area contributed by atoms with Gasteiger partial charge in [0.25, 0.3) is 0 Å². The Morgan fingerprint density at radius 2 is 2.00 bits per heavy atom. The molecular formula is C19H25N5O2S. The van der Waals surface area contributed by atoms with Crippen molar-refractivity contribution in [2.45, 2.75) is 39.8 Å². The molecule has 1 unspecified atom stereocenters. The third-order valence-electron chi connectivity index (χ3n) is 4.36. The third kappa shape index (κ3) is 4.88. The summed E-state index contributed by atoms with van der Waals surface area (Å²) in [7, 11) is 0.